The highest BCUT2D eigenvalue weighted by Crippen LogP contribution is 2.54. The van der Waals surface area contributed by atoms with Gasteiger partial charge in [-0.1, -0.05) is 19.4 Å². The normalized spacial score (nSPS) is 29.4. The van der Waals surface area contributed by atoms with Crippen LogP contribution in [0, 0.1) is 10.8 Å². The smallest absolute Gasteiger partial charge is 0.333 e. The second kappa shape index (κ2) is 6.50. The van der Waals surface area contributed by atoms with E-state index in [9.17, 15) is 24.6 Å². The Hall–Kier alpha value is -1.85. The molecule has 0 heterocycles. The molecular weight excluding hydrogens is 288 g/mol. The summed E-state index contributed by atoms with van der Waals surface area (Å²) in [5, 5.41) is 19.3. The van der Waals surface area contributed by atoms with Gasteiger partial charge >= 0.3 is 17.9 Å². The largest absolute Gasteiger partial charge is 0.481 e. The molecule has 1 rings (SSSR count). The molecule has 0 aromatic rings. The summed E-state index contributed by atoms with van der Waals surface area (Å²) in [4.78, 5) is 35.2. The van der Waals surface area contributed by atoms with E-state index in [-0.39, 0.29) is 18.4 Å². The van der Waals surface area contributed by atoms with Crippen LogP contribution in [-0.2, 0) is 19.1 Å². The monoisotopic (exact) mass is 312 g/mol. The van der Waals surface area contributed by atoms with Crippen molar-refractivity contribution in [2.24, 2.45) is 10.8 Å². The molecule has 124 valence electrons. The maximum atomic E-state index is 11.9. The molecule has 1 fully saturated rings. The molecule has 0 aliphatic heterocycles. The van der Waals surface area contributed by atoms with Crippen LogP contribution in [-0.4, -0.2) is 34.2 Å². The van der Waals surface area contributed by atoms with Crippen LogP contribution in [0.5, 0.6) is 0 Å². The third-order valence-electron chi connectivity index (χ3n) is 4.76. The number of hydrogen-bond donors (Lipinski definition) is 2. The molecule has 0 bridgehead atoms. The van der Waals surface area contributed by atoms with Crippen LogP contribution in [0.25, 0.3) is 0 Å². The molecule has 0 amide bonds. The van der Waals surface area contributed by atoms with Gasteiger partial charge in [0.05, 0.1) is 10.8 Å². The van der Waals surface area contributed by atoms with Crippen molar-refractivity contribution < 1.29 is 29.3 Å². The summed E-state index contributed by atoms with van der Waals surface area (Å²) in [6.45, 7) is 8.05. The highest BCUT2D eigenvalue weighted by Gasteiger charge is 2.60. The summed E-state index contributed by atoms with van der Waals surface area (Å²) in [6, 6.07) is 0. The molecule has 3 atom stereocenters. The third kappa shape index (κ3) is 3.15. The fraction of sp³-hybridized carbons (Fsp3) is 0.688. The molecule has 0 radical (unpaired) electrons. The van der Waals surface area contributed by atoms with Crippen LogP contribution in [0.3, 0.4) is 0 Å². The number of hydrogen-bond acceptors (Lipinski definition) is 4. The van der Waals surface area contributed by atoms with Gasteiger partial charge in [-0.05, 0) is 33.6 Å². The van der Waals surface area contributed by atoms with E-state index in [2.05, 4.69) is 6.58 Å². The van der Waals surface area contributed by atoms with Gasteiger partial charge in [-0.25, -0.2) is 4.79 Å². The fourth-order valence-electron chi connectivity index (χ4n) is 3.31. The Morgan fingerprint density at radius 1 is 1.18 bits per heavy atom. The van der Waals surface area contributed by atoms with E-state index in [1.54, 1.807) is 6.92 Å². The highest BCUT2D eigenvalue weighted by molar-refractivity contribution is 5.88. The Balaban J connectivity index is 3.09. The number of ether oxygens (including phenoxy) is 1. The first-order valence-electron chi connectivity index (χ1n) is 7.40. The van der Waals surface area contributed by atoms with Crippen molar-refractivity contribution >= 4 is 17.9 Å². The Labute approximate surface area is 130 Å². The molecule has 3 unspecified atom stereocenters. The van der Waals surface area contributed by atoms with E-state index < -0.39 is 34.8 Å². The van der Waals surface area contributed by atoms with Gasteiger partial charge in [-0.2, -0.15) is 0 Å². The Morgan fingerprint density at radius 3 is 2.18 bits per heavy atom. The van der Waals surface area contributed by atoms with E-state index in [1.807, 2.05) is 0 Å². The van der Waals surface area contributed by atoms with E-state index in [0.29, 0.717) is 19.3 Å². The molecule has 0 spiro atoms. The lowest BCUT2D eigenvalue weighted by molar-refractivity contribution is -0.182. The van der Waals surface area contributed by atoms with Gasteiger partial charge in [-0.15, -0.1) is 0 Å². The molecule has 2 N–H and O–H groups in total. The highest BCUT2D eigenvalue weighted by atomic mass is 16.5. The maximum absolute atomic E-state index is 11.9. The van der Waals surface area contributed by atoms with Crippen LogP contribution < -0.4 is 0 Å². The average molecular weight is 312 g/mol. The zero-order valence-electron chi connectivity index (χ0n) is 13.3. The number of aliphatic carboxylic acids is 2. The average Bonchev–Trinajstić information content (AvgIpc) is 2.40. The third-order valence-corrected chi connectivity index (χ3v) is 4.76. The number of esters is 1. The van der Waals surface area contributed by atoms with Gasteiger partial charge in [0.15, 0.2) is 0 Å². The number of rotatable bonds is 6. The molecular formula is C16H24O6. The minimum absolute atomic E-state index is 0.0237. The Kier molecular flexibility index (Phi) is 5.38. The van der Waals surface area contributed by atoms with Crippen LogP contribution >= 0.6 is 0 Å². The molecule has 1 aliphatic carbocycles. The second-order valence-electron chi connectivity index (χ2n) is 6.43. The summed E-state index contributed by atoms with van der Waals surface area (Å²) in [5.74, 6) is -2.86. The van der Waals surface area contributed by atoms with Crippen molar-refractivity contribution in [1.82, 2.24) is 0 Å². The van der Waals surface area contributed by atoms with Crippen LogP contribution in [0.15, 0.2) is 12.2 Å². The lowest BCUT2D eigenvalue weighted by atomic mass is 9.54. The minimum Gasteiger partial charge on any atom is -0.481 e. The van der Waals surface area contributed by atoms with Gasteiger partial charge in [0.1, 0.15) is 6.10 Å². The number of carbonyl (C=O) groups is 3. The predicted molar refractivity (Wildman–Crippen MR) is 79.3 cm³/mol. The van der Waals surface area contributed by atoms with E-state index in [4.69, 9.17) is 4.74 Å². The first-order chi connectivity index (χ1) is 10.1. The van der Waals surface area contributed by atoms with Gasteiger partial charge in [0.2, 0.25) is 0 Å². The summed E-state index contributed by atoms with van der Waals surface area (Å²) >= 11 is 0. The minimum atomic E-state index is -1.44. The van der Waals surface area contributed by atoms with Gasteiger partial charge in [0, 0.05) is 12.0 Å². The Morgan fingerprint density at radius 2 is 1.73 bits per heavy atom. The predicted octanol–water partition coefficient (Wildman–Crippen LogP) is 2.62. The second-order valence-corrected chi connectivity index (χ2v) is 6.43. The topological polar surface area (TPSA) is 101 Å². The fourth-order valence-corrected chi connectivity index (χ4v) is 3.31. The summed E-state index contributed by atoms with van der Waals surface area (Å²) < 4.78 is 5.17. The van der Waals surface area contributed by atoms with Crippen molar-refractivity contribution in [1.29, 1.82) is 0 Å². The van der Waals surface area contributed by atoms with Crippen LogP contribution in [0.2, 0.25) is 0 Å². The summed E-state index contributed by atoms with van der Waals surface area (Å²) in [6.07, 6.45) is 1.17. The maximum Gasteiger partial charge on any atom is 0.333 e. The van der Waals surface area contributed by atoms with Crippen molar-refractivity contribution in [2.45, 2.75) is 59.0 Å². The van der Waals surface area contributed by atoms with Crippen LogP contribution in [0.4, 0.5) is 0 Å². The van der Waals surface area contributed by atoms with E-state index >= 15 is 0 Å². The SMILES string of the molecule is C=C(C)C(=O)OC(C)CC1(C(=O)O)CCCCC1(C)C(=O)O. The zero-order chi connectivity index (χ0) is 17.1. The molecule has 1 aliphatic rings. The van der Waals surface area contributed by atoms with E-state index in [1.165, 1.54) is 13.8 Å². The quantitative estimate of drug-likeness (QED) is 0.577. The van der Waals surface area contributed by atoms with Crippen molar-refractivity contribution in [3.63, 3.8) is 0 Å². The number of carboxylic acids is 2. The first kappa shape index (κ1) is 18.2. The van der Waals surface area contributed by atoms with Crippen molar-refractivity contribution in [3.8, 4) is 0 Å². The van der Waals surface area contributed by atoms with Gasteiger partial charge in [0.25, 0.3) is 0 Å². The molecule has 6 nitrogen and oxygen atoms in total. The van der Waals surface area contributed by atoms with Gasteiger partial charge < -0.3 is 14.9 Å². The molecule has 1 saturated carbocycles. The number of carboxylic acid groups (broad SMARTS) is 2. The molecule has 0 aromatic heterocycles. The molecule has 22 heavy (non-hydrogen) atoms. The zero-order valence-corrected chi connectivity index (χ0v) is 13.3. The van der Waals surface area contributed by atoms with E-state index in [0.717, 1.165) is 0 Å². The van der Waals surface area contributed by atoms with Gasteiger partial charge in [-0.3, -0.25) is 9.59 Å². The standard InChI is InChI=1S/C16H24O6/c1-10(2)12(17)22-11(3)9-16(14(20)21)8-6-5-7-15(16,4)13(18)19/h11H,1,5-9H2,2-4H3,(H,18,19)(H,20,21). The summed E-state index contributed by atoms with van der Waals surface area (Å²) in [5.41, 5.74) is -2.59. The van der Waals surface area contributed by atoms with Crippen molar-refractivity contribution in [3.05, 3.63) is 12.2 Å². The molecule has 6 heteroatoms. The van der Waals surface area contributed by atoms with Crippen LogP contribution in [0.1, 0.15) is 52.9 Å². The summed E-state index contributed by atoms with van der Waals surface area (Å²) in [7, 11) is 0. The van der Waals surface area contributed by atoms with Crippen molar-refractivity contribution in [2.75, 3.05) is 0 Å². The first-order valence-corrected chi connectivity index (χ1v) is 7.40. The molecule has 0 aromatic carbocycles. The lowest BCUT2D eigenvalue weighted by Crippen LogP contribution is -2.54. The lowest BCUT2D eigenvalue weighted by Gasteiger charge is -2.47. The molecule has 0 saturated heterocycles. The number of carbonyl (C=O) groups excluding carboxylic acids is 1. The Bertz CT molecular complexity index is 497.